The van der Waals surface area contributed by atoms with E-state index in [0.29, 0.717) is 22.6 Å². The van der Waals surface area contributed by atoms with Gasteiger partial charge in [-0.2, -0.15) is 4.98 Å². The fourth-order valence-electron chi connectivity index (χ4n) is 2.13. The van der Waals surface area contributed by atoms with Gasteiger partial charge in [0.2, 0.25) is 5.91 Å². The van der Waals surface area contributed by atoms with E-state index >= 15 is 0 Å². The second kappa shape index (κ2) is 6.34. The van der Waals surface area contributed by atoms with Crippen LogP contribution in [0.3, 0.4) is 0 Å². The van der Waals surface area contributed by atoms with Crippen LogP contribution in [0.5, 0.6) is 0 Å². The Morgan fingerprint density at radius 2 is 1.95 bits per heavy atom. The number of ketones is 1. The minimum Gasteiger partial charge on any atom is -0.325 e. The van der Waals surface area contributed by atoms with E-state index in [1.165, 1.54) is 11.5 Å². The van der Waals surface area contributed by atoms with Gasteiger partial charge in [0, 0.05) is 22.6 Å². The first-order chi connectivity index (χ1) is 10.4. The summed E-state index contributed by atoms with van der Waals surface area (Å²) in [6.07, 6.45) is 0. The van der Waals surface area contributed by atoms with Crippen LogP contribution in [0, 0.1) is 13.8 Å². The first-order valence-electron chi connectivity index (χ1n) is 6.83. The van der Waals surface area contributed by atoms with Crippen LogP contribution in [-0.4, -0.2) is 21.2 Å². The first-order valence-corrected chi connectivity index (χ1v) is 6.83. The number of aromatic nitrogens is 2. The van der Waals surface area contributed by atoms with Gasteiger partial charge >= 0.3 is 5.69 Å². The molecule has 1 aromatic carbocycles. The topological polar surface area (TPSA) is 81.1 Å². The van der Waals surface area contributed by atoms with Crippen LogP contribution < -0.4 is 11.0 Å². The molecule has 0 atom stereocenters. The molecule has 2 rings (SSSR count). The molecular weight excluding hydrogens is 282 g/mol. The highest BCUT2D eigenvalue weighted by atomic mass is 16.2. The third-order valence-corrected chi connectivity index (χ3v) is 3.20. The minimum absolute atomic E-state index is 0.0779. The van der Waals surface area contributed by atoms with Gasteiger partial charge in [0.25, 0.3) is 0 Å². The highest BCUT2D eigenvalue weighted by molar-refractivity contribution is 5.97. The van der Waals surface area contributed by atoms with Gasteiger partial charge in [0.1, 0.15) is 6.54 Å². The van der Waals surface area contributed by atoms with Crippen LogP contribution in [0.15, 0.2) is 35.1 Å². The summed E-state index contributed by atoms with van der Waals surface area (Å²) in [5.74, 6) is -0.428. The number of benzene rings is 1. The number of aryl methyl sites for hydroxylation is 2. The molecule has 0 saturated heterocycles. The number of nitrogens with one attached hydrogen (secondary N) is 1. The Hall–Kier alpha value is -2.76. The molecule has 0 spiro atoms. The van der Waals surface area contributed by atoms with Crippen LogP contribution in [-0.2, 0) is 11.3 Å². The summed E-state index contributed by atoms with van der Waals surface area (Å²) in [5, 5.41) is 2.68. The van der Waals surface area contributed by atoms with E-state index in [4.69, 9.17) is 0 Å². The quantitative estimate of drug-likeness (QED) is 0.871. The number of rotatable bonds is 4. The van der Waals surface area contributed by atoms with Crippen molar-refractivity contribution in [3.8, 4) is 0 Å². The van der Waals surface area contributed by atoms with E-state index in [1.54, 1.807) is 44.2 Å². The Labute approximate surface area is 127 Å². The number of Topliss-reactive ketones (excluding diaryl/α,β-unsaturated/α-hetero) is 1. The predicted octanol–water partition coefficient (Wildman–Crippen LogP) is 1.70. The number of hydrogen-bond donors (Lipinski definition) is 1. The second-order valence-electron chi connectivity index (χ2n) is 5.09. The normalized spacial score (nSPS) is 10.3. The smallest absolute Gasteiger partial charge is 0.325 e. The fourth-order valence-corrected chi connectivity index (χ4v) is 2.13. The molecule has 1 heterocycles. The van der Waals surface area contributed by atoms with Crippen molar-refractivity contribution in [2.75, 3.05) is 5.32 Å². The van der Waals surface area contributed by atoms with Crippen LogP contribution in [0.1, 0.15) is 28.7 Å². The van der Waals surface area contributed by atoms with Crippen LogP contribution in [0.4, 0.5) is 5.69 Å². The lowest BCUT2D eigenvalue weighted by molar-refractivity contribution is -0.116. The molecule has 2 aromatic rings. The monoisotopic (exact) mass is 299 g/mol. The second-order valence-corrected chi connectivity index (χ2v) is 5.09. The van der Waals surface area contributed by atoms with Crippen LogP contribution in [0.2, 0.25) is 0 Å². The average Bonchev–Trinajstić information content (AvgIpc) is 2.43. The Kier molecular flexibility index (Phi) is 4.50. The molecule has 0 aliphatic rings. The van der Waals surface area contributed by atoms with Crippen molar-refractivity contribution in [1.82, 2.24) is 9.55 Å². The molecule has 1 aromatic heterocycles. The lowest BCUT2D eigenvalue weighted by Gasteiger charge is -2.10. The molecule has 0 aliphatic heterocycles. The zero-order valence-electron chi connectivity index (χ0n) is 12.7. The maximum atomic E-state index is 12.1. The molecule has 0 fully saturated rings. The van der Waals surface area contributed by atoms with E-state index in [-0.39, 0.29) is 18.2 Å². The number of amides is 1. The van der Waals surface area contributed by atoms with E-state index < -0.39 is 5.69 Å². The summed E-state index contributed by atoms with van der Waals surface area (Å²) in [6.45, 7) is 4.82. The summed E-state index contributed by atoms with van der Waals surface area (Å²) in [7, 11) is 0. The molecule has 0 radical (unpaired) electrons. The molecule has 0 bridgehead atoms. The molecule has 114 valence electrons. The van der Waals surface area contributed by atoms with Gasteiger partial charge in [0.15, 0.2) is 5.78 Å². The summed E-state index contributed by atoms with van der Waals surface area (Å²) in [6, 6.07) is 8.40. The summed E-state index contributed by atoms with van der Waals surface area (Å²) < 4.78 is 1.30. The number of carbonyl (C=O) groups is 2. The SMILES string of the molecule is CC(=O)c1cccc(NC(=O)Cn2c(C)cc(C)nc2=O)c1. The lowest BCUT2D eigenvalue weighted by Crippen LogP contribution is -2.31. The van der Waals surface area contributed by atoms with E-state index in [9.17, 15) is 14.4 Å². The molecule has 0 aliphatic carbocycles. The zero-order chi connectivity index (χ0) is 16.3. The van der Waals surface area contributed by atoms with Crippen molar-refractivity contribution in [1.29, 1.82) is 0 Å². The standard InChI is InChI=1S/C16H17N3O3/c1-10-7-11(2)19(16(22)17-10)9-15(21)18-14-6-4-5-13(8-14)12(3)20/h4-8H,9H2,1-3H3,(H,18,21). The lowest BCUT2D eigenvalue weighted by atomic mass is 10.1. The summed E-state index contributed by atoms with van der Waals surface area (Å²) in [5.41, 5.74) is 1.87. The first kappa shape index (κ1) is 15.6. The van der Waals surface area contributed by atoms with Crippen molar-refractivity contribution < 1.29 is 9.59 Å². The molecule has 22 heavy (non-hydrogen) atoms. The summed E-state index contributed by atoms with van der Waals surface area (Å²) >= 11 is 0. The third-order valence-electron chi connectivity index (χ3n) is 3.20. The molecule has 1 N–H and O–H groups in total. The number of hydrogen-bond acceptors (Lipinski definition) is 4. The van der Waals surface area contributed by atoms with Gasteiger partial charge in [-0.05, 0) is 39.0 Å². The van der Waals surface area contributed by atoms with E-state index in [2.05, 4.69) is 10.3 Å². The van der Waals surface area contributed by atoms with Gasteiger partial charge in [-0.3, -0.25) is 14.2 Å². The van der Waals surface area contributed by atoms with Crippen molar-refractivity contribution in [3.05, 3.63) is 57.8 Å². The maximum Gasteiger partial charge on any atom is 0.348 e. The third kappa shape index (κ3) is 3.66. The van der Waals surface area contributed by atoms with Gasteiger partial charge in [-0.15, -0.1) is 0 Å². The van der Waals surface area contributed by atoms with Crippen molar-refractivity contribution in [2.45, 2.75) is 27.3 Å². The predicted molar refractivity (Wildman–Crippen MR) is 83.0 cm³/mol. The Bertz CT molecular complexity index is 793. The molecular formula is C16H17N3O3. The molecule has 0 saturated carbocycles. The van der Waals surface area contributed by atoms with E-state index in [0.717, 1.165) is 0 Å². The molecule has 6 heteroatoms. The highest BCUT2D eigenvalue weighted by Gasteiger charge is 2.09. The Morgan fingerprint density at radius 3 is 2.59 bits per heavy atom. The zero-order valence-corrected chi connectivity index (χ0v) is 12.7. The maximum absolute atomic E-state index is 12.1. The molecule has 1 amide bonds. The summed E-state index contributed by atoms with van der Waals surface area (Å²) in [4.78, 5) is 39.0. The fraction of sp³-hybridized carbons (Fsp3) is 0.250. The van der Waals surface area contributed by atoms with Crippen molar-refractivity contribution in [2.24, 2.45) is 0 Å². The van der Waals surface area contributed by atoms with Crippen molar-refractivity contribution >= 4 is 17.4 Å². The van der Waals surface area contributed by atoms with Gasteiger partial charge < -0.3 is 5.32 Å². The number of anilines is 1. The number of carbonyl (C=O) groups excluding carboxylic acids is 2. The molecule has 6 nitrogen and oxygen atoms in total. The van der Waals surface area contributed by atoms with Crippen LogP contribution in [0.25, 0.3) is 0 Å². The largest absolute Gasteiger partial charge is 0.348 e. The average molecular weight is 299 g/mol. The van der Waals surface area contributed by atoms with Crippen molar-refractivity contribution in [3.63, 3.8) is 0 Å². The Morgan fingerprint density at radius 1 is 1.23 bits per heavy atom. The van der Waals surface area contributed by atoms with Gasteiger partial charge in [0.05, 0.1) is 0 Å². The van der Waals surface area contributed by atoms with E-state index in [1.807, 2.05) is 0 Å². The highest BCUT2D eigenvalue weighted by Crippen LogP contribution is 2.11. The molecule has 0 unspecified atom stereocenters. The Balaban J connectivity index is 2.16. The van der Waals surface area contributed by atoms with Gasteiger partial charge in [-0.1, -0.05) is 12.1 Å². The number of nitrogens with zero attached hydrogens (tertiary/aromatic N) is 2. The van der Waals surface area contributed by atoms with Crippen LogP contribution >= 0.6 is 0 Å². The van der Waals surface area contributed by atoms with Gasteiger partial charge in [-0.25, -0.2) is 4.79 Å². The minimum atomic E-state index is -0.454.